The SMILES string of the molecule is Cc1nc2cnccc2n1-c1ccc(OC2CCOc3ccc(OCc4ccc5ccc(Cl)cc5n4)cc32)cc1. The number of aryl methyl sites for hydroxylation is 1. The lowest BCUT2D eigenvalue weighted by molar-refractivity contribution is 0.135. The number of hydrogen-bond acceptors (Lipinski definition) is 6. The Balaban J connectivity index is 1.08. The number of pyridine rings is 2. The summed E-state index contributed by atoms with van der Waals surface area (Å²) in [4.78, 5) is 13.5. The average molecular weight is 549 g/mol. The number of halogens is 1. The minimum absolute atomic E-state index is 0.152. The summed E-state index contributed by atoms with van der Waals surface area (Å²) < 4.78 is 20.6. The van der Waals surface area contributed by atoms with Gasteiger partial charge < -0.3 is 14.2 Å². The van der Waals surface area contributed by atoms with Gasteiger partial charge in [0, 0.05) is 34.3 Å². The molecule has 8 heteroatoms. The first-order valence-electron chi connectivity index (χ1n) is 13.1. The molecule has 4 heterocycles. The number of hydrogen-bond donors (Lipinski definition) is 0. The van der Waals surface area contributed by atoms with Crippen LogP contribution in [-0.4, -0.2) is 26.1 Å². The van der Waals surface area contributed by atoms with Crippen molar-refractivity contribution in [3.8, 4) is 22.9 Å². The van der Waals surface area contributed by atoms with Gasteiger partial charge in [-0.1, -0.05) is 23.7 Å². The van der Waals surface area contributed by atoms with Crippen LogP contribution in [-0.2, 0) is 6.61 Å². The predicted octanol–water partition coefficient (Wildman–Crippen LogP) is 7.41. The number of ether oxygens (including phenoxy) is 3. The summed E-state index contributed by atoms with van der Waals surface area (Å²) in [6.07, 6.45) is 4.15. The second kappa shape index (κ2) is 10.2. The van der Waals surface area contributed by atoms with E-state index in [0.717, 1.165) is 68.4 Å². The molecule has 0 bridgehead atoms. The molecule has 0 fully saturated rings. The molecule has 0 amide bonds. The normalized spacial score (nSPS) is 14.6. The monoisotopic (exact) mass is 548 g/mol. The summed E-state index contributed by atoms with van der Waals surface area (Å²) in [6.45, 7) is 2.93. The molecule has 3 aromatic heterocycles. The Hall–Kier alpha value is -4.62. The Kier molecular flexibility index (Phi) is 6.21. The smallest absolute Gasteiger partial charge is 0.131 e. The van der Waals surface area contributed by atoms with Gasteiger partial charge in [0.05, 0.1) is 29.5 Å². The number of aromatic nitrogens is 4. The molecule has 0 saturated heterocycles. The lowest BCUT2D eigenvalue weighted by atomic mass is 10.0. The molecule has 0 N–H and O–H groups in total. The van der Waals surface area contributed by atoms with Crippen LogP contribution in [0.25, 0.3) is 27.6 Å². The van der Waals surface area contributed by atoms with Crippen LogP contribution in [0, 0.1) is 6.92 Å². The lowest BCUT2D eigenvalue weighted by Gasteiger charge is -2.27. The van der Waals surface area contributed by atoms with E-state index in [-0.39, 0.29) is 6.10 Å². The Bertz CT molecular complexity index is 1850. The lowest BCUT2D eigenvalue weighted by Crippen LogP contribution is -2.18. The zero-order valence-corrected chi connectivity index (χ0v) is 22.5. The summed E-state index contributed by atoms with van der Waals surface area (Å²) in [5.41, 5.74) is 5.56. The number of fused-ring (bicyclic) bond motifs is 3. The Labute approximate surface area is 236 Å². The van der Waals surface area contributed by atoms with Crippen molar-refractivity contribution in [2.45, 2.75) is 26.1 Å². The van der Waals surface area contributed by atoms with E-state index in [4.69, 9.17) is 25.8 Å². The van der Waals surface area contributed by atoms with E-state index < -0.39 is 0 Å². The van der Waals surface area contributed by atoms with Gasteiger partial charge in [0.2, 0.25) is 0 Å². The van der Waals surface area contributed by atoms with Crippen LogP contribution in [0.1, 0.15) is 29.6 Å². The Morgan fingerprint density at radius 1 is 0.925 bits per heavy atom. The van der Waals surface area contributed by atoms with Crippen LogP contribution in [0.5, 0.6) is 17.2 Å². The maximum atomic E-state index is 6.45. The number of benzene rings is 3. The van der Waals surface area contributed by atoms with Gasteiger partial charge in [-0.25, -0.2) is 9.97 Å². The molecule has 0 aliphatic carbocycles. The van der Waals surface area contributed by atoms with Crippen LogP contribution >= 0.6 is 11.6 Å². The second-order valence-corrected chi connectivity index (χ2v) is 10.2. The summed E-state index contributed by atoms with van der Waals surface area (Å²) >= 11 is 6.14. The maximum Gasteiger partial charge on any atom is 0.131 e. The summed E-state index contributed by atoms with van der Waals surface area (Å²) in [7, 11) is 0. The zero-order chi connectivity index (χ0) is 27.1. The second-order valence-electron chi connectivity index (χ2n) is 9.72. The van der Waals surface area contributed by atoms with Crippen molar-refractivity contribution in [2.75, 3.05) is 6.61 Å². The first kappa shape index (κ1) is 24.4. The Morgan fingerprint density at radius 3 is 2.67 bits per heavy atom. The third-order valence-electron chi connectivity index (χ3n) is 7.06. The third-order valence-corrected chi connectivity index (χ3v) is 7.30. The number of nitrogens with zero attached hydrogens (tertiary/aromatic N) is 4. The molecule has 0 radical (unpaired) electrons. The van der Waals surface area contributed by atoms with Crippen LogP contribution in [0.15, 0.2) is 91.3 Å². The third kappa shape index (κ3) is 4.69. The molecule has 6 aromatic rings. The van der Waals surface area contributed by atoms with Gasteiger partial charge in [0.15, 0.2) is 0 Å². The fourth-order valence-electron chi connectivity index (χ4n) is 5.14. The standard InChI is InChI=1S/C32H25ClN4O3/c1-20-35-29-18-34-14-12-30(29)37(20)24-6-8-25(9-7-24)40-32-13-15-38-31-11-10-26(17-27(31)32)39-19-23-5-3-21-2-4-22(33)16-28(21)36-23/h2-12,14,16-18,32H,13,15,19H2,1H3. The van der Waals surface area contributed by atoms with Crippen molar-refractivity contribution in [3.05, 3.63) is 113 Å². The first-order chi connectivity index (χ1) is 19.6. The van der Waals surface area contributed by atoms with Crippen LogP contribution in [0.3, 0.4) is 0 Å². The van der Waals surface area contributed by atoms with Crippen molar-refractivity contribution >= 4 is 33.5 Å². The van der Waals surface area contributed by atoms with E-state index in [1.807, 2.05) is 85.8 Å². The quantitative estimate of drug-likeness (QED) is 0.216. The van der Waals surface area contributed by atoms with Crippen molar-refractivity contribution in [1.29, 1.82) is 0 Å². The van der Waals surface area contributed by atoms with E-state index in [1.165, 1.54) is 0 Å². The molecular weight excluding hydrogens is 524 g/mol. The molecule has 0 saturated carbocycles. The maximum absolute atomic E-state index is 6.45. The van der Waals surface area contributed by atoms with Gasteiger partial charge >= 0.3 is 0 Å². The highest BCUT2D eigenvalue weighted by molar-refractivity contribution is 6.31. The highest BCUT2D eigenvalue weighted by Gasteiger charge is 2.24. The average Bonchev–Trinajstić information content (AvgIpc) is 3.32. The molecule has 40 heavy (non-hydrogen) atoms. The van der Waals surface area contributed by atoms with E-state index in [9.17, 15) is 0 Å². The summed E-state index contributed by atoms with van der Waals surface area (Å²) in [5.74, 6) is 3.24. The van der Waals surface area contributed by atoms with Crippen molar-refractivity contribution in [1.82, 2.24) is 19.5 Å². The van der Waals surface area contributed by atoms with E-state index in [1.54, 1.807) is 12.4 Å². The fourth-order valence-corrected chi connectivity index (χ4v) is 5.31. The van der Waals surface area contributed by atoms with Crippen molar-refractivity contribution in [3.63, 3.8) is 0 Å². The molecule has 1 aliphatic heterocycles. The van der Waals surface area contributed by atoms with E-state index >= 15 is 0 Å². The van der Waals surface area contributed by atoms with Gasteiger partial charge in [0.1, 0.15) is 41.3 Å². The molecule has 7 nitrogen and oxygen atoms in total. The number of imidazole rings is 1. The molecule has 3 aromatic carbocycles. The van der Waals surface area contributed by atoms with Gasteiger partial charge in [-0.3, -0.25) is 9.55 Å². The van der Waals surface area contributed by atoms with Gasteiger partial charge in [0.25, 0.3) is 0 Å². The van der Waals surface area contributed by atoms with E-state index in [0.29, 0.717) is 18.2 Å². The molecule has 1 aliphatic rings. The van der Waals surface area contributed by atoms with Crippen molar-refractivity contribution in [2.24, 2.45) is 0 Å². The first-order valence-corrected chi connectivity index (χ1v) is 13.5. The largest absolute Gasteiger partial charge is 0.493 e. The van der Waals surface area contributed by atoms with Gasteiger partial charge in [-0.15, -0.1) is 0 Å². The predicted molar refractivity (Wildman–Crippen MR) is 155 cm³/mol. The number of rotatable bonds is 6. The van der Waals surface area contributed by atoms with Crippen LogP contribution in [0.2, 0.25) is 5.02 Å². The van der Waals surface area contributed by atoms with Gasteiger partial charge in [-0.2, -0.15) is 0 Å². The molecule has 1 atom stereocenters. The molecule has 7 rings (SSSR count). The highest BCUT2D eigenvalue weighted by atomic mass is 35.5. The minimum atomic E-state index is -0.152. The van der Waals surface area contributed by atoms with Crippen LogP contribution < -0.4 is 14.2 Å². The van der Waals surface area contributed by atoms with Crippen molar-refractivity contribution < 1.29 is 14.2 Å². The zero-order valence-electron chi connectivity index (χ0n) is 21.8. The topological polar surface area (TPSA) is 71.3 Å². The highest BCUT2D eigenvalue weighted by Crippen LogP contribution is 2.38. The van der Waals surface area contributed by atoms with E-state index in [2.05, 4.69) is 19.5 Å². The Morgan fingerprint density at radius 2 is 1.77 bits per heavy atom. The summed E-state index contributed by atoms with van der Waals surface area (Å²) in [6, 6.07) is 25.6. The summed E-state index contributed by atoms with van der Waals surface area (Å²) in [5, 5.41) is 1.70. The van der Waals surface area contributed by atoms with Gasteiger partial charge in [-0.05, 0) is 73.7 Å². The molecular formula is C32H25ClN4O3. The van der Waals surface area contributed by atoms with Crippen LogP contribution in [0.4, 0.5) is 0 Å². The molecule has 198 valence electrons. The molecule has 0 spiro atoms. The fraction of sp³-hybridized carbons (Fsp3) is 0.156. The minimum Gasteiger partial charge on any atom is -0.493 e. The molecule has 1 unspecified atom stereocenters.